The summed E-state index contributed by atoms with van der Waals surface area (Å²) in [6.07, 6.45) is 1.82. The minimum absolute atomic E-state index is 0.0418. The number of aromatic nitrogens is 2. The average Bonchev–Trinajstić information content (AvgIpc) is 2.47. The van der Waals surface area contributed by atoms with Gasteiger partial charge < -0.3 is 4.90 Å². The van der Waals surface area contributed by atoms with Crippen molar-refractivity contribution in [3.8, 4) is 6.07 Å². The van der Waals surface area contributed by atoms with E-state index in [-0.39, 0.29) is 12.2 Å². The molecule has 0 saturated carbocycles. The lowest BCUT2D eigenvalue weighted by atomic mass is 10.0. The van der Waals surface area contributed by atoms with E-state index in [0.717, 1.165) is 5.56 Å². The molecule has 1 heterocycles. The Morgan fingerprint density at radius 2 is 2.15 bits per heavy atom. The highest BCUT2D eigenvalue weighted by atomic mass is 16.1. The number of nitrogens with zero attached hydrogens (tertiary/aromatic N) is 4. The number of benzene rings is 1. The molecule has 100 valence electrons. The molecule has 5 heteroatoms. The number of ketones is 1. The quantitative estimate of drug-likeness (QED) is 0.790. The molecule has 2 rings (SSSR count). The van der Waals surface area contributed by atoms with Crippen LogP contribution >= 0.6 is 0 Å². The molecule has 0 N–H and O–H groups in total. The molecule has 0 aliphatic carbocycles. The topological polar surface area (TPSA) is 69.9 Å². The molecule has 0 radical (unpaired) electrons. The van der Waals surface area contributed by atoms with Crippen molar-refractivity contribution in [2.24, 2.45) is 0 Å². The summed E-state index contributed by atoms with van der Waals surface area (Å²) >= 11 is 0. The van der Waals surface area contributed by atoms with Crippen molar-refractivity contribution < 1.29 is 4.79 Å². The average molecular weight is 266 g/mol. The first-order valence-corrected chi connectivity index (χ1v) is 6.12. The maximum absolute atomic E-state index is 12.2. The highest BCUT2D eigenvalue weighted by Gasteiger charge is 2.09. The molecule has 20 heavy (non-hydrogen) atoms. The molecule has 0 fully saturated rings. The number of hydrogen-bond acceptors (Lipinski definition) is 5. The van der Waals surface area contributed by atoms with Gasteiger partial charge in [0.15, 0.2) is 11.6 Å². The van der Waals surface area contributed by atoms with Crippen LogP contribution in [0.15, 0.2) is 36.5 Å². The number of carbonyl (C=O) groups excluding carboxylic acids is 1. The first-order valence-electron chi connectivity index (χ1n) is 6.12. The lowest BCUT2D eigenvalue weighted by Gasteiger charge is -2.10. The van der Waals surface area contributed by atoms with E-state index in [0.29, 0.717) is 16.9 Å². The molecule has 0 amide bonds. The lowest BCUT2D eigenvalue weighted by molar-refractivity contribution is 0.0993. The number of Topliss-reactive ketones (excluding diaryl/α,β-unsaturated/α-hetero) is 1. The fraction of sp³-hybridized carbons (Fsp3) is 0.200. The van der Waals surface area contributed by atoms with E-state index in [9.17, 15) is 4.79 Å². The summed E-state index contributed by atoms with van der Waals surface area (Å²) in [6, 6.07) is 10.6. The van der Waals surface area contributed by atoms with Gasteiger partial charge in [-0.3, -0.25) is 4.79 Å². The molecule has 1 aromatic carbocycles. The normalized spacial score (nSPS) is 9.85. The number of nitriles is 1. The van der Waals surface area contributed by atoms with Crippen LogP contribution in [-0.4, -0.2) is 30.1 Å². The monoisotopic (exact) mass is 266 g/mol. The molecule has 2 aromatic rings. The van der Waals surface area contributed by atoms with Crippen molar-refractivity contribution in [3.05, 3.63) is 53.2 Å². The van der Waals surface area contributed by atoms with Gasteiger partial charge in [0.2, 0.25) is 0 Å². The van der Waals surface area contributed by atoms with Gasteiger partial charge in [0.05, 0.1) is 17.8 Å². The maximum atomic E-state index is 12.2. The standard InChI is InChI=1S/C15H14N4O/c1-19(2)15-8-12(10-17-18-15)7-14(20)13-5-3-4-11(6-13)9-16/h3-6,8,10H,7H2,1-2H3. The van der Waals surface area contributed by atoms with Crippen LogP contribution in [0.5, 0.6) is 0 Å². The molecule has 0 aliphatic rings. The summed E-state index contributed by atoms with van der Waals surface area (Å²) in [5.74, 6) is 0.667. The first kappa shape index (κ1) is 13.7. The Balaban J connectivity index is 2.19. The third kappa shape index (κ3) is 3.18. The lowest BCUT2D eigenvalue weighted by Crippen LogP contribution is -2.12. The number of anilines is 1. The minimum Gasteiger partial charge on any atom is -0.361 e. The smallest absolute Gasteiger partial charge is 0.167 e. The molecular formula is C15H14N4O. The van der Waals surface area contributed by atoms with E-state index in [2.05, 4.69) is 10.2 Å². The van der Waals surface area contributed by atoms with E-state index >= 15 is 0 Å². The van der Waals surface area contributed by atoms with Gasteiger partial charge in [0.1, 0.15) is 0 Å². The Labute approximate surface area is 117 Å². The van der Waals surface area contributed by atoms with Crippen molar-refractivity contribution in [1.82, 2.24) is 10.2 Å². The van der Waals surface area contributed by atoms with E-state index in [1.54, 1.807) is 30.5 Å². The zero-order chi connectivity index (χ0) is 14.5. The van der Waals surface area contributed by atoms with E-state index in [4.69, 9.17) is 5.26 Å². The molecule has 0 aliphatic heterocycles. The predicted octanol–water partition coefficient (Wildman–Crippen LogP) is 1.84. The van der Waals surface area contributed by atoms with Crippen molar-refractivity contribution in [3.63, 3.8) is 0 Å². The van der Waals surface area contributed by atoms with E-state index < -0.39 is 0 Å². The van der Waals surface area contributed by atoms with E-state index in [1.165, 1.54) is 0 Å². The summed E-state index contributed by atoms with van der Waals surface area (Å²) < 4.78 is 0. The van der Waals surface area contributed by atoms with Crippen LogP contribution in [0, 0.1) is 11.3 Å². The third-order valence-electron chi connectivity index (χ3n) is 2.83. The van der Waals surface area contributed by atoms with Crippen LogP contribution < -0.4 is 4.90 Å². The summed E-state index contributed by atoms with van der Waals surface area (Å²) in [5, 5.41) is 16.7. The maximum Gasteiger partial charge on any atom is 0.167 e. The minimum atomic E-state index is -0.0418. The van der Waals surface area contributed by atoms with Gasteiger partial charge in [0, 0.05) is 26.1 Å². The van der Waals surface area contributed by atoms with Crippen molar-refractivity contribution >= 4 is 11.6 Å². The number of rotatable bonds is 4. The Morgan fingerprint density at radius 1 is 1.35 bits per heavy atom. The molecule has 1 aromatic heterocycles. The molecule has 0 unspecified atom stereocenters. The summed E-state index contributed by atoms with van der Waals surface area (Å²) in [7, 11) is 3.73. The van der Waals surface area contributed by atoms with Gasteiger partial charge in [-0.25, -0.2) is 0 Å². The van der Waals surface area contributed by atoms with Crippen LogP contribution in [0.3, 0.4) is 0 Å². The van der Waals surface area contributed by atoms with E-state index in [1.807, 2.05) is 31.1 Å². The Kier molecular flexibility index (Phi) is 4.06. The van der Waals surface area contributed by atoms with Crippen LogP contribution in [-0.2, 0) is 6.42 Å². The van der Waals surface area contributed by atoms with Crippen molar-refractivity contribution in [2.75, 3.05) is 19.0 Å². The van der Waals surface area contributed by atoms with Crippen LogP contribution in [0.2, 0.25) is 0 Å². The number of carbonyl (C=O) groups is 1. The van der Waals surface area contributed by atoms with Crippen molar-refractivity contribution in [1.29, 1.82) is 5.26 Å². The first-order chi connectivity index (χ1) is 9.60. The second-order valence-corrected chi connectivity index (χ2v) is 4.61. The third-order valence-corrected chi connectivity index (χ3v) is 2.83. The zero-order valence-electron chi connectivity index (χ0n) is 11.4. The summed E-state index contributed by atoms with van der Waals surface area (Å²) in [6.45, 7) is 0. The predicted molar refractivity (Wildman–Crippen MR) is 75.6 cm³/mol. The molecule has 0 saturated heterocycles. The fourth-order valence-electron chi connectivity index (χ4n) is 1.76. The molecule has 0 spiro atoms. The van der Waals surface area contributed by atoms with Gasteiger partial charge in [-0.1, -0.05) is 12.1 Å². The van der Waals surface area contributed by atoms with Crippen molar-refractivity contribution in [2.45, 2.75) is 6.42 Å². The van der Waals surface area contributed by atoms with Gasteiger partial charge >= 0.3 is 0 Å². The zero-order valence-corrected chi connectivity index (χ0v) is 11.4. The summed E-state index contributed by atoms with van der Waals surface area (Å²) in [4.78, 5) is 14.0. The Bertz CT molecular complexity index is 674. The van der Waals surface area contributed by atoms with Crippen LogP contribution in [0.1, 0.15) is 21.5 Å². The van der Waals surface area contributed by atoms with Gasteiger partial charge in [-0.05, 0) is 23.8 Å². The largest absolute Gasteiger partial charge is 0.361 e. The molecule has 5 nitrogen and oxygen atoms in total. The highest BCUT2D eigenvalue weighted by molar-refractivity contribution is 5.97. The molecular weight excluding hydrogens is 252 g/mol. The molecule has 0 atom stereocenters. The molecule has 0 bridgehead atoms. The second kappa shape index (κ2) is 5.93. The van der Waals surface area contributed by atoms with Gasteiger partial charge in [0.25, 0.3) is 0 Å². The Hall–Kier alpha value is -2.74. The second-order valence-electron chi connectivity index (χ2n) is 4.61. The highest BCUT2D eigenvalue weighted by Crippen LogP contribution is 2.12. The van der Waals surface area contributed by atoms with Gasteiger partial charge in [-0.2, -0.15) is 10.4 Å². The number of hydrogen-bond donors (Lipinski definition) is 0. The van der Waals surface area contributed by atoms with Gasteiger partial charge in [-0.15, -0.1) is 5.10 Å². The van der Waals surface area contributed by atoms with Crippen LogP contribution in [0.4, 0.5) is 5.82 Å². The SMILES string of the molecule is CN(C)c1cc(CC(=O)c2cccc(C#N)c2)cnn1. The summed E-state index contributed by atoms with van der Waals surface area (Å²) in [5.41, 5.74) is 1.82. The van der Waals surface area contributed by atoms with Crippen LogP contribution in [0.25, 0.3) is 0 Å². The fourth-order valence-corrected chi connectivity index (χ4v) is 1.76. The Morgan fingerprint density at radius 3 is 2.85 bits per heavy atom.